The minimum absolute atomic E-state index is 0.0378. The predicted octanol–water partition coefficient (Wildman–Crippen LogP) is 6.74. The fraction of sp³-hybridized carbons (Fsp3) is 0.0870. The Morgan fingerprint density at radius 2 is 1.58 bits per heavy atom. The number of carbonyl (C=O) groups excluding carboxylic acids is 1. The van der Waals surface area contributed by atoms with Gasteiger partial charge in [-0.3, -0.25) is 4.79 Å². The van der Waals surface area contributed by atoms with Crippen molar-refractivity contribution in [1.82, 2.24) is 0 Å². The molecule has 3 rings (SSSR count). The molecule has 130 valence electrons. The molecular formula is C23H18Cl2O. The van der Waals surface area contributed by atoms with Gasteiger partial charge in [0.05, 0.1) is 0 Å². The van der Waals surface area contributed by atoms with Gasteiger partial charge in [-0.1, -0.05) is 59.6 Å². The average molecular weight is 381 g/mol. The van der Waals surface area contributed by atoms with Crippen molar-refractivity contribution >= 4 is 29.0 Å². The first-order valence-electron chi connectivity index (χ1n) is 8.34. The molecule has 0 saturated carbocycles. The molecule has 26 heavy (non-hydrogen) atoms. The maximum absolute atomic E-state index is 13.0. The van der Waals surface area contributed by atoms with Crippen LogP contribution >= 0.6 is 23.2 Å². The van der Waals surface area contributed by atoms with Crippen LogP contribution in [0.25, 0.3) is 0 Å². The average Bonchev–Trinajstić information content (AvgIpc) is 2.67. The van der Waals surface area contributed by atoms with Crippen molar-refractivity contribution in [2.24, 2.45) is 0 Å². The molecule has 0 N–H and O–H groups in total. The van der Waals surface area contributed by atoms with Gasteiger partial charge in [-0.25, -0.2) is 0 Å². The first kappa shape index (κ1) is 18.4. The molecule has 3 aromatic carbocycles. The van der Waals surface area contributed by atoms with Gasteiger partial charge >= 0.3 is 0 Å². The lowest BCUT2D eigenvalue weighted by atomic mass is 9.88. The number of carbonyl (C=O) groups is 1. The van der Waals surface area contributed by atoms with Crippen LogP contribution < -0.4 is 0 Å². The number of allylic oxidation sites excluding steroid dienone is 1. The Bertz CT molecular complexity index is 915. The monoisotopic (exact) mass is 380 g/mol. The summed E-state index contributed by atoms with van der Waals surface area (Å²) in [6.45, 7) is 3.97. The van der Waals surface area contributed by atoms with E-state index in [2.05, 4.69) is 18.7 Å². The fourth-order valence-corrected chi connectivity index (χ4v) is 3.30. The van der Waals surface area contributed by atoms with E-state index >= 15 is 0 Å². The summed E-state index contributed by atoms with van der Waals surface area (Å²) in [5.41, 5.74) is 3.32. The van der Waals surface area contributed by atoms with E-state index in [-0.39, 0.29) is 11.7 Å². The van der Waals surface area contributed by atoms with Crippen LogP contribution in [0, 0.1) is 0 Å². The van der Waals surface area contributed by atoms with Crippen LogP contribution in [0.3, 0.4) is 0 Å². The van der Waals surface area contributed by atoms with Gasteiger partial charge in [0.2, 0.25) is 0 Å². The van der Waals surface area contributed by atoms with Gasteiger partial charge in [0.25, 0.3) is 0 Å². The molecule has 0 aliphatic carbocycles. The second-order valence-corrected chi connectivity index (χ2v) is 6.97. The fourth-order valence-electron chi connectivity index (χ4n) is 2.98. The van der Waals surface area contributed by atoms with Crippen molar-refractivity contribution in [1.29, 1.82) is 0 Å². The van der Waals surface area contributed by atoms with Crippen molar-refractivity contribution in [2.45, 2.75) is 12.3 Å². The number of hydrogen-bond acceptors (Lipinski definition) is 1. The van der Waals surface area contributed by atoms with Crippen LogP contribution in [0.4, 0.5) is 0 Å². The Hall–Kier alpha value is -2.35. The lowest BCUT2D eigenvalue weighted by Gasteiger charge is -2.16. The maximum atomic E-state index is 13.0. The normalized spacial score (nSPS) is 11.8. The van der Waals surface area contributed by atoms with Crippen molar-refractivity contribution in [3.8, 4) is 0 Å². The Labute approximate surface area is 163 Å². The Kier molecular flexibility index (Phi) is 5.92. The highest BCUT2D eigenvalue weighted by Gasteiger charge is 2.17. The molecule has 0 heterocycles. The summed E-state index contributed by atoms with van der Waals surface area (Å²) in [6, 6.07) is 22.5. The SMILES string of the molecule is C=CC(Cc1cc(Cl)ccc1C(=O)c1ccc(Cl)cc1)c1ccccc1. The molecule has 3 heteroatoms. The Morgan fingerprint density at radius 1 is 0.923 bits per heavy atom. The van der Waals surface area contributed by atoms with Gasteiger partial charge in [0.1, 0.15) is 0 Å². The van der Waals surface area contributed by atoms with Gasteiger partial charge < -0.3 is 0 Å². The third-order valence-electron chi connectivity index (χ3n) is 4.37. The van der Waals surface area contributed by atoms with Gasteiger partial charge in [0.15, 0.2) is 5.78 Å². The minimum Gasteiger partial charge on any atom is -0.289 e. The summed E-state index contributed by atoms with van der Waals surface area (Å²) in [6.07, 6.45) is 2.57. The lowest BCUT2D eigenvalue weighted by molar-refractivity contribution is 0.103. The summed E-state index contributed by atoms with van der Waals surface area (Å²) in [5.74, 6) is 0.0654. The molecule has 3 aromatic rings. The topological polar surface area (TPSA) is 17.1 Å². The highest BCUT2D eigenvalue weighted by molar-refractivity contribution is 6.31. The van der Waals surface area contributed by atoms with Crippen LogP contribution in [0.5, 0.6) is 0 Å². The summed E-state index contributed by atoms with van der Waals surface area (Å²) < 4.78 is 0. The summed E-state index contributed by atoms with van der Waals surface area (Å²) in [5, 5.41) is 1.22. The lowest BCUT2D eigenvalue weighted by Crippen LogP contribution is -2.08. The van der Waals surface area contributed by atoms with E-state index in [0.29, 0.717) is 27.6 Å². The molecule has 0 spiro atoms. The van der Waals surface area contributed by atoms with Crippen LogP contribution in [0.2, 0.25) is 10.0 Å². The second kappa shape index (κ2) is 8.35. The van der Waals surface area contributed by atoms with E-state index in [0.717, 1.165) is 11.1 Å². The van der Waals surface area contributed by atoms with E-state index in [9.17, 15) is 4.79 Å². The highest BCUT2D eigenvalue weighted by Crippen LogP contribution is 2.27. The third-order valence-corrected chi connectivity index (χ3v) is 4.86. The molecule has 0 bridgehead atoms. The molecule has 1 atom stereocenters. The van der Waals surface area contributed by atoms with Crippen molar-refractivity contribution in [2.75, 3.05) is 0 Å². The molecule has 0 radical (unpaired) electrons. The van der Waals surface area contributed by atoms with Gasteiger partial charge in [-0.15, -0.1) is 6.58 Å². The van der Waals surface area contributed by atoms with Gasteiger partial charge in [-0.2, -0.15) is 0 Å². The number of ketones is 1. The van der Waals surface area contributed by atoms with Gasteiger partial charge in [-0.05, 0) is 60.0 Å². The zero-order valence-corrected chi connectivity index (χ0v) is 15.7. The Morgan fingerprint density at radius 3 is 2.23 bits per heavy atom. The minimum atomic E-state index is -0.0378. The smallest absolute Gasteiger partial charge is 0.193 e. The van der Waals surface area contributed by atoms with E-state index in [1.54, 1.807) is 36.4 Å². The number of rotatable bonds is 6. The second-order valence-electron chi connectivity index (χ2n) is 6.09. The molecular weight excluding hydrogens is 363 g/mol. The first-order valence-corrected chi connectivity index (χ1v) is 9.10. The maximum Gasteiger partial charge on any atom is 0.193 e. The summed E-state index contributed by atoms with van der Waals surface area (Å²) in [4.78, 5) is 13.0. The molecule has 0 amide bonds. The molecule has 0 aromatic heterocycles. The molecule has 0 saturated heterocycles. The van der Waals surface area contributed by atoms with E-state index < -0.39 is 0 Å². The summed E-state index contributed by atoms with van der Waals surface area (Å²) >= 11 is 12.1. The highest BCUT2D eigenvalue weighted by atomic mass is 35.5. The van der Waals surface area contributed by atoms with Crippen LogP contribution in [-0.4, -0.2) is 5.78 Å². The van der Waals surface area contributed by atoms with Crippen molar-refractivity contribution in [3.63, 3.8) is 0 Å². The first-order chi connectivity index (χ1) is 12.6. The largest absolute Gasteiger partial charge is 0.289 e. The van der Waals surface area contributed by atoms with Gasteiger partial charge in [0, 0.05) is 27.1 Å². The van der Waals surface area contributed by atoms with Crippen LogP contribution in [0.15, 0.2) is 85.5 Å². The molecule has 0 fully saturated rings. The molecule has 1 nitrogen and oxygen atoms in total. The van der Waals surface area contributed by atoms with E-state index in [4.69, 9.17) is 23.2 Å². The predicted molar refractivity (Wildman–Crippen MR) is 109 cm³/mol. The zero-order chi connectivity index (χ0) is 18.5. The molecule has 0 aliphatic heterocycles. The summed E-state index contributed by atoms with van der Waals surface area (Å²) in [7, 11) is 0. The van der Waals surface area contributed by atoms with E-state index in [1.807, 2.05) is 30.3 Å². The Balaban J connectivity index is 1.96. The number of halogens is 2. The zero-order valence-electron chi connectivity index (χ0n) is 14.2. The van der Waals surface area contributed by atoms with Crippen LogP contribution in [-0.2, 0) is 6.42 Å². The van der Waals surface area contributed by atoms with Crippen LogP contribution in [0.1, 0.15) is 33.0 Å². The van der Waals surface area contributed by atoms with Crippen molar-refractivity contribution in [3.05, 3.63) is 118 Å². The third kappa shape index (κ3) is 4.24. The standard InChI is InChI=1S/C23H18Cl2O/c1-2-16(17-6-4-3-5-7-17)14-19-15-21(25)12-13-22(19)23(26)18-8-10-20(24)11-9-18/h2-13,15-16H,1,14H2. The quantitative estimate of drug-likeness (QED) is 0.341. The number of benzene rings is 3. The molecule has 1 unspecified atom stereocenters. The van der Waals surface area contributed by atoms with Crippen molar-refractivity contribution < 1.29 is 4.79 Å². The van der Waals surface area contributed by atoms with E-state index in [1.165, 1.54) is 0 Å². The molecule has 0 aliphatic rings. The number of hydrogen-bond donors (Lipinski definition) is 0.